The SMILES string of the molecule is CCCC[Te](I)(CC#N)CCCC. The Bertz CT molecular complexity index is 157. The van der Waals surface area contributed by atoms with Gasteiger partial charge in [-0.25, -0.2) is 0 Å². The molecular weight excluding hydrogens is 389 g/mol. The first kappa shape index (κ1) is 14.0. The molecule has 0 radical (unpaired) electrons. The first-order chi connectivity index (χ1) is 6.18. The Balaban J connectivity index is 3.93. The van der Waals surface area contributed by atoms with Crippen LogP contribution in [0.3, 0.4) is 0 Å². The van der Waals surface area contributed by atoms with Crippen LogP contribution in [-0.2, 0) is 0 Å². The van der Waals surface area contributed by atoms with Crippen LogP contribution in [-0.4, -0.2) is 14.2 Å². The molecule has 0 saturated carbocycles. The maximum absolute atomic E-state index is 8.79. The number of unbranched alkanes of at least 4 members (excludes halogenated alkanes) is 2. The van der Waals surface area contributed by atoms with Gasteiger partial charge in [0.1, 0.15) is 0 Å². The molecule has 0 heterocycles. The van der Waals surface area contributed by atoms with E-state index in [0.717, 1.165) is 4.47 Å². The van der Waals surface area contributed by atoms with Crippen LogP contribution in [0.25, 0.3) is 0 Å². The van der Waals surface area contributed by atoms with Gasteiger partial charge in [0.2, 0.25) is 0 Å². The average Bonchev–Trinajstić information content (AvgIpc) is 2.12. The van der Waals surface area contributed by atoms with Crippen molar-refractivity contribution in [3.05, 3.63) is 0 Å². The monoisotopic (exact) mass is 411 g/mol. The van der Waals surface area contributed by atoms with E-state index in [4.69, 9.17) is 5.26 Å². The molecule has 0 aliphatic carbocycles. The van der Waals surface area contributed by atoms with Gasteiger partial charge in [-0.2, -0.15) is 0 Å². The number of hydrogen-bond donors (Lipinski definition) is 0. The van der Waals surface area contributed by atoms with Gasteiger partial charge in [0, 0.05) is 0 Å². The Morgan fingerprint density at radius 3 is 1.92 bits per heavy atom. The topological polar surface area (TPSA) is 23.8 Å². The quantitative estimate of drug-likeness (QED) is 0.450. The zero-order valence-electron chi connectivity index (χ0n) is 8.68. The average molecular weight is 409 g/mol. The molecule has 0 N–H and O–H groups in total. The van der Waals surface area contributed by atoms with E-state index in [1.807, 2.05) is 0 Å². The van der Waals surface area contributed by atoms with Gasteiger partial charge < -0.3 is 0 Å². The molecule has 0 spiro atoms. The third kappa shape index (κ3) is 7.00. The fourth-order valence-electron chi connectivity index (χ4n) is 1.17. The Hall–Kier alpha value is 1.01. The first-order valence-corrected chi connectivity index (χ1v) is 16.7. The molecule has 13 heavy (non-hydrogen) atoms. The van der Waals surface area contributed by atoms with Crippen molar-refractivity contribution < 1.29 is 0 Å². The number of rotatable bonds is 7. The van der Waals surface area contributed by atoms with Crippen LogP contribution >= 0.6 is 18.7 Å². The van der Waals surface area contributed by atoms with Crippen LogP contribution < -0.4 is 0 Å². The summed E-state index contributed by atoms with van der Waals surface area (Å²) in [6, 6.07) is 2.40. The van der Waals surface area contributed by atoms with Gasteiger partial charge in [0.05, 0.1) is 0 Å². The molecule has 3 heteroatoms. The third-order valence-electron chi connectivity index (χ3n) is 2.05. The van der Waals surface area contributed by atoms with E-state index in [-0.39, 0.29) is 0 Å². The Morgan fingerprint density at radius 2 is 1.62 bits per heavy atom. The standard InChI is InChI=1S/C10H20INTe/c1-3-5-8-13(11,10-7-12)9-6-4-2/h3-6,8-10H2,1-2H3. The van der Waals surface area contributed by atoms with Crippen LogP contribution in [0.15, 0.2) is 0 Å². The van der Waals surface area contributed by atoms with Crippen molar-refractivity contribution in [1.82, 2.24) is 0 Å². The molecule has 0 aliphatic heterocycles. The summed E-state index contributed by atoms with van der Waals surface area (Å²) in [6.07, 6.45) is 5.26. The molecule has 0 bridgehead atoms. The van der Waals surface area contributed by atoms with E-state index < -0.39 is 14.2 Å². The minimum atomic E-state index is -1.71. The molecule has 0 aromatic carbocycles. The fraction of sp³-hybridized carbons (Fsp3) is 0.900. The van der Waals surface area contributed by atoms with Gasteiger partial charge in [-0.15, -0.1) is 0 Å². The zero-order chi connectivity index (χ0) is 10.2. The van der Waals surface area contributed by atoms with Crippen LogP contribution in [0.1, 0.15) is 39.5 Å². The summed E-state index contributed by atoms with van der Waals surface area (Å²) in [5, 5.41) is 8.79. The second kappa shape index (κ2) is 8.33. The summed E-state index contributed by atoms with van der Waals surface area (Å²) >= 11 is 0.975. The van der Waals surface area contributed by atoms with E-state index >= 15 is 0 Å². The summed E-state index contributed by atoms with van der Waals surface area (Å²) < 4.78 is 3.70. The molecule has 0 atom stereocenters. The summed E-state index contributed by atoms with van der Waals surface area (Å²) in [4.78, 5) is 0. The minimum absolute atomic E-state index is 0.906. The van der Waals surface area contributed by atoms with Gasteiger partial charge in [-0.1, -0.05) is 0 Å². The molecule has 1 nitrogen and oxygen atoms in total. The van der Waals surface area contributed by atoms with Crippen LogP contribution in [0.4, 0.5) is 0 Å². The Labute approximate surface area is 96.3 Å². The van der Waals surface area contributed by atoms with Crippen molar-refractivity contribution in [3.8, 4) is 6.07 Å². The molecule has 0 saturated heterocycles. The Morgan fingerprint density at radius 1 is 1.15 bits per heavy atom. The second-order valence-electron chi connectivity index (χ2n) is 3.36. The van der Waals surface area contributed by atoms with Gasteiger partial charge >= 0.3 is 97.2 Å². The zero-order valence-corrected chi connectivity index (χ0v) is 13.2. The van der Waals surface area contributed by atoms with Crippen molar-refractivity contribution in [2.75, 3.05) is 0 Å². The van der Waals surface area contributed by atoms with Gasteiger partial charge in [-0.05, 0) is 0 Å². The fourth-order valence-corrected chi connectivity index (χ4v) is 12.9. The van der Waals surface area contributed by atoms with E-state index in [9.17, 15) is 0 Å². The molecule has 0 unspecified atom stereocenters. The molecule has 0 fully saturated rings. The maximum atomic E-state index is 8.79. The molecule has 0 rings (SSSR count). The van der Waals surface area contributed by atoms with E-state index in [2.05, 4.69) is 38.6 Å². The molecule has 0 aromatic rings. The number of nitrogens with zero attached hydrogens (tertiary/aromatic N) is 1. The molecule has 78 valence electrons. The first-order valence-electron chi connectivity index (χ1n) is 5.01. The van der Waals surface area contributed by atoms with Crippen molar-refractivity contribution in [2.24, 2.45) is 0 Å². The van der Waals surface area contributed by atoms with Crippen molar-refractivity contribution in [1.29, 1.82) is 5.26 Å². The molecular formula is C10H20INTe. The van der Waals surface area contributed by atoms with Gasteiger partial charge in [0.25, 0.3) is 0 Å². The van der Waals surface area contributed by atoms with Crippen molar-refractivity contribution >= 4 is 32.9 Å². The summed E-state index contributed by atoms with van der Waals surface area (Å²) in [5.74, 6) is 0. The van der Waals surface area contributed by atoms with Crippen LogP contribution in [0.2, 0.25) is 13.4 Å². The van der Waals surface area contributed by atoms with Gasteiger partial charge in [0.15, 0.2) is 0 Å². The second-order valence-corrected chi connectivity index (χ2v) is 24.4. The number of nitriles is 1. The van der Waals surface area contributed by atoms with Crippen LogP contribution in [0.5, 0.6) is 0 Å². The molecule has 0 aromatic heterocycles. The van der Waals surface area contributed by atoms with E-state index in [1.165, 1.54) is 34.6 Å². The number of halogens is 1. The third-order valence-corrected chi connectivity index (χ3v) is 17.7. The van der Waals surface area contributed by atoms with Crippen LogP contribution in [0, 0.1) is 11.3 Å². The Kier molecular flexibility index (Phi) is 8.98. The normalized spacial score (nSPS) is 12.5. The summed E-state index contributed by atoms with van der Waals surface area (Å²) in [7, 11) is 0. The molecule has 0 aliphatic rings. The number of hydrogen-bond acceptors (Lipinski definition) is 1. The predicted octanol–water partition coefficient (Wildman–Crippen LogP) is 4.49. The van der Waals surface area contributed by atoms with E-state index in [0.29, 0.717) is 0 Å². The summed E-state index contributed by atoms with van der Waals surface area (Å²) in [5.41, 5.74) is 0. The van der Waals surface area contributed by atoms with Crippen molar-refractivity contribution in [2.45, 2.75) is 52.9 Å². The predicted molar refractivity (Wildman–Crippen MR) is 69.6 cm³/mol. The summed E-state index contributed by atoms with van der Waals surface area (Å²) in [6.45, 7) is 4.48. The van der Waals surface area contributed by atoms with Crippen molar-refractivity contribution in [3.63, 3.8) is 0 Å². The van der Waals surface area contributed by atoms with Gasteiger partial charge in [-0.3, -0.25) is 0 Å². The molecule has 0 amide bonds. The van der Waals surface area contributed by atoms with E-state index in [1.54, 1.807) is 0 Å².